The zero-order valence-corrected chi connectivity index (χ0v) is 12.0. The normalized spacial score (nSPS) is 12.5. The Balaban J connectivity index is 1.75. The molecule has 0 bridgehead atoms. The maximum Gasteiger partial charge on any atom is 0.193 e. The van der Waals surface area contributed by atoms with Crippen LogP contribution in [0, 0.1) is 5.82 Å². The van der Waals surface area contributed by atoms with E-state index >= 15 is 0 Å². The van der Waals surface area contributed by atoms with Crippen LogP contribution in [0.15, 0.2) is 41.4 Å². The number of hydrogen-bond donors (Lipinski definition) is 0. The third-order valence-corrected chi connectivity index (χ3v) is 3.50. The van der Waals surface area contributed by atoms with Crippen molar-refractivity contribution in [1.29, 1.82) is 0 Å². The van der Waals surface area contributed by atoms with Gasteiger partial charge in [0.15, 0.2) is 12.2 Å². The van der Waals surface area contributed by atoms with Gasteiger partial charge in [-0.05, 0) is 23.8 Å². The van der Waals surface area contributed by atoms with E-state index in [1.807, 2.05) is 24.3 Å². The van der Waals surface area contributed by atoms with Gasteiger partial charge in [-0.1, -0.05) is 18.2 Å². The molecule has 0 radical (unpaired) electrons. The van der Waals surface area contributed by atoms with Crippen LogP contribution in [0.3, 0.4) is 0 Å². The van der Waals surface area contributed by atoms with Gasteiger partial charge in [0.25, 0.3) is 0 Å². The van der Waals surface area contributed by atoms with E-state index in [0.29, 0.717) is 29.9 Å². The summed E-state index contributed by atoms with van der Waals surface area (Å²) in [6.45, 7) is 0.131. The molecule has 0 saturated carbocycles. The van der Waals surface area contributed by atoms with Gasteiger partial charge in [0, 0.05) is 5.56 Å². The minimum absolute atomic E-state index is 0.0359. The molecule has 3 rings (SSSR count). The van der Waals surface area contributed by atoms with Crippen LogP contribution in [-0.2, 0) is 17.8 Å². The second kappa shape index (κ2) is 5.97. The number of nitrogens with zero attached hydrogens (tertiary/aromatic N) is 1. The number of benzene rings is 2. The third kappa shape index (κ3) is 2.70. The van der Waals surface area contributed by atoms with Crippen molar-refractivity contribution in [2.24, 2.45) is 4.99 Å². The van der Waals surface area contributed by atoms with Crippen molar-refractivity contribution < 1.29 is 18.7 Å². The minimum Gasteiger partial charge on any atom is -0.496 e. The van der Waals surface area contributed by atoms with Crippen molar-refractivity contribution in [2.45, 2.75) is 13.0 Å². The van der Waals surface area contributed by atoms with Crippen molar-refractivity contribution >= 4 is 17.9 Å². The number of methoxy groups -OCH3 is 1. The smallest absolute Gasteiger partial charge is 0.193 e. The topological polar surface area (TPSA) is 47.9 Å². The molecule has 1 aliphatic rings. The monoisotopic (exact) mass is 299 g/mol. The van der Waals surface area contributed by atoms with Crippen LogP contribution >= 0.6 is 0 Å². The summed E-state index contributed by atoms with van der Waals surface area (Å²) >= 11 is 0. The maximum atomic E-state index is 13.7. The predicted molar refractivity (Wildman–Crippen MR) is 80.4 cm³/mol. The molecule has 0 aliphatic carbocycles. The summed E-state index contributed by atoms with van der Waals surface area (Å²) in [6, 6.07) is 10.4. The number of para-hydroxylation sites is 1. The average molecular weight is 299 g/mol. The Morgan fingerprint density at radius 3 is 2.86 bits per heavy atom. The molecule has 1 heterocycles. The van der Waals surface area contributed by atoms with Crippen LogP contribution in [-0.4, -0.2) is 19.3 Å². The SMILES string of the molecule is COc1cc(C=O)c(F)cc1COC1=Nc2ccccc2C1. The zero-order chi connectivity index (χ0) is 15.5. The Morgan fingerprint density at radius 1 is 1.32 bits per heavy atom. The summed E-state index contributed by atoms with van der Waals surface area (Å²) in [5.74, 6) is 0.411. The highest BCUT2D eigenvalue weighted by molar-refractivity contribution is 5.87. The number of ether oxygens (including phenoxy) is 2. The Kier molecular flexibility index (Phi) is 3.87. The molecule has 22 heavy (non-hydrogen) atoms. The van der Waals surface area contributed by atoms with Crippen LogP contribution in [0.4, 0.5) is 10.1 Å². The molecule has 0 aromatic heterocycles. The predicted octanol–water partition coefficient (Wildman–Crippen LogP) is 3.45. The molecular weight excluding hydrogens is 285 g/mol. The lowest BCUT2D eigenvalue weighted by Crippen LogP contribution is -2.06. The van der Waals surface area contributed by atoms with E-state index in [2.05, 4.69) is 4.99 Å². The van der Waals surface area contributed by atoms with Crippen LogP contribution < -0.4 is 4.74 Å². The summed E-state index contributed by atoms with van der Waals surface area (Å²) in [4.78, 5) is 15.1. The number of aliphatic imine (C=N–C) groups is 1. The summed E-state index contributed by atoms with van der Waals surface area (Å²) in [5.41, 5.74) is 2.49. The van der Waals surface area contributed by atoms with Gasteiger partial charge in [-0.3, -0.25) is 4.79 Å². The first kappa shape index (κ1) is 14.3. The van der Waals surface area contributed by atoms with Gasteiger partial charge in [0.1, 0.15) is 18.2 Å². The third-order valence-electron chi connectivity index (χ3n) is 3.50. The number of rotatable bonds is 4. The van der Waals surface area contributed by atoms with Gasteiger partial charge in [-0.15, -0.1) is 0 Å². The van der Waals surface area contributed by atoms with Crippen LogP contribution in [0.5, 0.6) is 5.75 Å². The maximum absolute atomic E-state index is 13.7. The molecule has 1 aliphatic heterocycles. The molecule has 0 N–H and O–H groups in total. The Hall–Kier alpha value is -2.69. The van der Waals surface area contributed by atoms with Crippen molar-refractivity contribution in [1.82, 2.24) is 0 Å². The fourth-order valence-electron chi connectivity index (χ4n) is 2.35. The quantitative estimate of drug-likeness (QED) is 0.812. The number of hydrogen-bond acceptors (Lipinski definition) is 4. The van der Waals surface area contributed by atoms with E-state index in [1.54, 1.807) is 0 Å². The molecule has 0 fully saturated rings. The fraction of sp³-hybridized carbons (Fsp3) is 0.176. The largest absolute Gasteiger partial charge is 0.496 e. The van der Waals surface area contributed by atoms with Crippen molar-refractivity contribution in [3.8, 4) is 5.75 Å². The molecule has 0 saturated heterocycles. The molecule has 0 unspecified atom stereocenters. The van der Waals surface area contributed by atoms with E-state index in [0.717, 1.165) is 11.3 Å². The van der Waals surface area contributed by atoms with E-state index in [4.69, 9.17) is 9.47 Å². The number of fused-ring (bicyclic) bond motifs is 1. The van der Waals surface area contributed by atoms with E-state index in [-0.39, 0.29) is 12.2 Å². The van der Waals surface area contributed by atoms with E-state index in [1.165, 1.54) is 19.2 Å². The zero-order valence-electron chi connectivity index (χ0n) is 12.0. The van der Waals surface area contributed by atoms with Crippen molar-refractivity contribution in [3.05, 3.63) is 58.9 Å². The second-order valence-corrected chi connectivity index (χ2v) is 4.90. The second-order valence-electron chi connectivity index (χ2n) is 4.90. The first-order valence-corrected chi connectivity index (χ1v) is 6.81. The van der Waals surface area contributed by atoms with Crippen molar-refractivity contribution in [3.63, 3.8) is 0 Å². The van der Waals surface area contributed by atoms with Crippen molar-refractivity contribution in [2.75, 3.05) is 7.11 Å². The highest BCUT2D eigenvalue weighted by Crippen LogP contribution is 2.28. The lowest BCUT2D eigenvalue weighted by atomic mass is 10.1. The van der Waals surface area contributed by atoms with Crippen LogP contribution in [0.25, 0.3) is 0 Å². The Labute approximate surface area is 127 Å². The van der Waals surface area contributed by atoms with Gasteiger partial charge in [0.2, 0.25) is 0 Å². The lowest BCUT2D eigenvalue weighted by Gasteiger charge is -2.11. The number of aldehydes is 1. The standard InChI is InChI=1S/C17H14FNO3/c1-21-16-7-12(9-20)14(18)6-13(16)10-22-17-8-11-4-2-3-5-15(11)19-17/h2-7,9H,8,10H2,1H3. The molecular formula is C17H14FNO3. The molecule has 0 spiro atoms. The molecule has 0 amide bonds. The van der Waals surface area contributed by atoms with E-state index < -0.39 is 5.82 Å². The summed E-state index contributed by atoms with van der Waals surface area (Å²) in [5, 5.41) is 0. The lowest BCUT2D eigenvalue weighted by molar-refractivity contribution is 0.111. The number of carbonyl (C=O) groups is 1. The molecule has 5 heteroatoms. The molecule has 2 aromatic carbocycles. The first-order chi connectivity index (χ1) is 10.7. The summed E-state index contributed by atoms with van der Waals surface area (Å²) < 4.78 is 24.5. The fourth-order valence-corrected chi connectivity index (χ4v) is 2.35. The Bertz CT molecular complexity index is 756. The number of carbonyl (C=O) groups excluding carboxylic acids is 1. The summed E-state index contributed by atoms with van der Waals surface area (Å²) in [6.07, 6.45) is 1.08. The van der Waals surface area contributed by atoms with Gasteiger partial charge in [-0.2, -0.15) is 0 Å². The number of halogens is 1. The molecule has 2 aromatic rings. The summed E-state index contributed by atoms with van der Waals surface area (Å²) in [7, 11) is 1.47. The molecule has 0 atom stereocenters. The van der Waals surface area contributed by atoms with Gasteiger partial charge in [-0.25, -0.2) is 9.38 Å². The molecule has 4 nitrogen and oxygen atoms in total. The van der Waals surface area contributed by atoms with Gasteiger partial charge in [0.05, 0.1) is 24.8 Å². The minimum atomic E-state index is -0.592. The highest BCUT2D eigenvalue weighted by atomic mass is 19.1. The Morgan fingerprint density at radius 2 is 2.14 bits per heavy atom. The van der Waals surface area contributed by atoms with Crippen LogP contribution in [0.1, 0.15) is 21.5 Å². The van der Waals surface area contributed by atoms with Gasteiger partial charge >= 0.3 is 0 Å². The average Bonchev–Trinajstić information content (AvgIpc) is 2.95. The highest BCUT2D eigenvalue weighted by Gasteiger charge is 2.16. The van der Waals surface area contributed by atoms with E-state index in [9.17, 15) is 9.18 Å². The first-order valence-electron chi connectivity index (χ1n) is 6.81. The van der Waals surface area contributed by atoms with Crippen LogP contribution in [0.2, 0.25) is 0 Å². The molecule has 112 valence electrons. The van der Waals surface area contributed by atoms with Gasteiger partial charge < -0.3 is 9.47 Å².